The molecule has 0 saturated carbocycles. The van der Waals surface area contributed by atoms with Crippen LogP contribution in [0.2, 0.25) is 0 Å². The molecular weight excluding hydrogens is 248 g/mol. The summed E-state index contributed by atoms with van der Waals surface area (Å²) in [5, 5.41) is 3.05. The Bertz CT molecular complexity index is 431. The molecule has 0 aliphatic carbocycles. The minimum atomic E-state index is 0.100. The van der Waals surface area contributed by atoms with Gasteiger partial charge in [0.05, 0.1) is 0 Å². The molecule has 20 heavy (non-hydrogen) atoms. The second-order valence-electron chi connectivity index (χ2n) is 5.73. The third kappa shape index (κ3) is 5.33. The fraction of sp³-hybridized carbons (Fsp3) is 0.588. The first-order chi connectivity index (χ1) is 9.43. The van der Waals surface area contributed by atoms with E-state index in [1.165, 1.54) is 18.4 Å². The zero-order valence-electron chi connectivity index (χ0n) is 13.5. The van der Waals surface area contributed by atoms with Crippen LogP contribution in [0.15, 0.2) is 12.1 Å². The number of rotatable bonds is 7. The molecular formula is C17H28N2O. The molecule has 0 heterocycles. The Hall–Kier alpha value is -1.35. The molecule has 112 valence electrons. The van der Waals surface area contributed by atoms with Crippen molar-refractivity contribution in [3.63, 3.8) is 0 Å². The van der Waals surface area contributed by atoms with Crippen molar-refractivity contribution in [3.8, 4) is 0 Å². The summed E-state index contributed by atoms with van der Waals surface area (Å²) in [4.78, 5) is 14.3. The summed E-state index contributed by atoms with van der Waals surface area (Å²) in [7, 11) is 2.07. The van der Waals surface area contributed by atoms with Crippen molar-refractivity contribution in [2.75, 3.05) is 25.5 Å². The third-order valence-electron chi connectivity index (χ3n) is 3.56. The predicted octanol–water partition coefficient (Wildman–Crippen LogP) is 3.67. The van der Waals surface area contributed by atoms with E-state index in [0.29, 0.717) is 6.42 Å². The van der Waals surface area contributed by atoms with E-state index in [1.807, 2.05) is 13.8 Å². The Kier molecular flexibility index (Phi) is 6.73. The maximum atomic E-state index is 12.0. The van der Waals surface area contributed by atoms with E-state index in [0.717, 1.165) is 29.9 Å². The molecule has 1 aromatic carbocycles. The maximum Gasteiger partial charge on any atom is 0.225 e. The van der Waals surface area contributed by atoms with Crippen LogP contribution in [0.4, 0.5) is 5.69 Å². The van der Waals surface area contributed by atoms with Crippen LogP contribution in [-0.4, -0.2) is 30.9 Å². The number of nitrogens with zero attached hydrogens (tertiary/aromatic N) is 1. The molecule has 0 radical (unpaired) electrons. The first-order valence-electron chi connectivity index (χ1n) is 7.50. The minimum absolute atomic E-state index is 0.100. The maximum absolute atomic E-state index is 12.0. The number of nitrogens with one attached hydrogen (secondary N) is 1. The quantitative estimate of drug-likeness (QED) is 0.824. The van der Waals surface area contributed by atoms with Gasteiger partial charge in [-0.05, 0) is 51.9 Å². The fourth-order valence-electron chi connectivity index (χ4n) is 2.41. The lowest BCUT2D eigenvalue weighted by atomic mass is 10.1. The van der Waals surface area contributed by atoms with Gasteiger partial charge in [0.1, 0.15) is 0 Å². The van der Waals surface area contributed by atoms with E-state index < -0.39 is 0 Å². The van der Waals surface area contributed by atoms with E-state index in [9.17, 15) is 4.79 Å². The molecule has 0 unspecified atom stereocenters. The Morgan fingerprint density at radius 3 is 2.30 bits per heavy atom. The van der Waals surface area contributed by atoms with Crippen molar-refractivity contribution in [2.45, 2.75) is 47.0 Å². The standard InChI is InChI=1S/C17H28N2O/c1-6-7-9-19(5)10-8-16(20)18-17-14(3)11-13(2)12-15(17)4/h11-12H,6-10H2,1-5H3,(H,18,20). The van der Waals surface area contributed by atoms with Gasteiger partial charge in [0.15, 0.2) is 0 Å². The summed E-state index contributed by atoms with van der Waals surface area (Å²) < 4.78 is 0. The highest BCUT2D eigenvalue weighted by molar-refractivity contribution is 5.92. The van der Waals surface area contributed by atoms with Crippen LogP contribution in [0.5, 0.6) is 0 Å². The molecule has 1 rings (SSSR count). The average Bonchev–Trinajstić information content (AvgIpc) is 2.38. The Balaban J connectivity index is 2.51. The molecule has 3 heteroatoms. The van der Waals surface area contributed by atoms with Crippen LogP contribution in [0.3, 0.4) is 0 Å². The summed E-state index contributed by atoms with van der Waals surface area (Å²) in [6.45, 7) is 10.2. The lowest BCUT2D eigenvalue weighted by molar-refractivity contribution is -0.116. The van der Waals surface area contributed by atoms with Gasteiger partial charge in [0.2, 0.25) is 5.91 Å². The summed E-state index contributed by atoms with van der Waals surface area (Å²) >= 11 is 0. The van der Waals surface area contributed by atoms with Crippen LogP contribution in [0, 0.1) is 20.8 Å². The summed E-state index contributed by atoms with van der Waals surface area (Å²) in [6, 6.07) is 4.21. The molecule has 0 atom stereocenters. The molecule has 3 nitrogen and oxygen atoms in total. The predicted molar refractivity (Wildman–Crippen MR) is 86.3 cm³/mol. The van der Waals surface area contributed by atoms with Crippen molar-refractivity contribution < 1.29 is 4.79 Å². The average molecular weight is 276 g/mol. The number of hydrogen-bond acceptors (Lipinski definition) is 2. The monoisotopic (exact) mass is 276 g/mol. The van der Waals surface area contributed by atoms with Crippen LogP contribution in [0.1, 0.15) is 42.9 Å². The molecule has 0 bridgehead atoms. The zero-order valence-corrected chi connectivity index (χ0v) is 13.5. The largest absolute Gasteiger partial charge is 0.326 e. The van der Waals surface area contributed by atoms with E-state index in [4.69, 9.17) is 0 Å². The van der Waals surface area contributed by atoms with Gasteiger partial charge in [-0.15, -0.1) is 0 Å². The number of carbonyl (C=O) groups is 1. The molecule has 0 aliphatic heterocycles. The second-order valence-corrected chi connectivity index (χ2v) is 5.73. The SMILES string of the molecule is CCCCN(C)CCC(=O)Nc1c(C)cc(C)cc1C. The normalized spacial score (nSPS) is 10.9. The minimum Gasteiger partial charge on any atom is -0.326 e. The van der Waals surface area contributed by atoms with Gasteiger partial charge in [-0.3, -0.25) is 4.79 Å². The molecule has 0 fully saturated rings. The number of benzene rings is 1. The van der Waals surface area contributed by atoms with Crippen LogP contribution >= 0.6 is 0 Å². The van der Waals surface area contributed by atoms with Crippen molar-refractivity contribution in [1.82, 2.24) is 4.90 Å². The number of anilines is 1. The van der Waals surface area contributed by atoms with E-state index in [-0.39, 0.29) is 5.91 Å². The molecule has 1 amide bonds. The summed E-state index contributed by atoms with van der Waals surface area (Å²) in [6.07, 6.45) is 2.93. The first kappa shape index (κ1) is 16.7. The number of unbranched alkanes of at least 4 members (excludes halogenated alkanes) is 1. The fourth-order valence-corrected chi connectivity index (χ4v) is 2.41. The van der Waals surface area contributed by atoms with Gasteiger partial charge in [-0.25, -0.2) is 0 Å². The number of aryl methyl sites for hydroxylation is 3. The zero-order chi connectivity index (χ0) is 15.1. The first-order valence-corrected chi connectivity index (χ1v) is 7.50. The highest BCUT2D eigenvalue weighted by Crippen LogP contribution is 2.21. The summed E-state index contributed by atoms with van der Waals surface area (Å²) in [5.74, 6) is 0.100. The van der Waals surface area contributed by atoms with Crippen molar-refractivity contribution in [2.24, 2.45) is 0 Å². The van der Waals surface area contributed by atoms with Gasteiger partial charge in [0.25, 0.3) is 0 Å². The smallest absolute Gasteiger partial charge is 0.225 e. The molecule has 0 saturated heterocycles. The number of hydrogen-bond donors (Lipinski definition) is 1. The highest BCUT2D eigenvalue weighted by atomic mass is 16.1. The second kappa shape index (κ2) is 8.05. The van der Waals surface area contributed by atoms with Gasteiger partial charge >= 0.3 is 0 Å². The van der Waals surface area contributed by atoms with Gasteiger partial charge in [-0.1, -0.05) is 31.0 Å². The van der Waals surface area contributed by atoms with Crippen LogP contribution in [0.25, 0.3) is 0 Å². The Morgan fingerprint density at radius 1 is 1.15 bits per heavy atom. The lowest BCUT2D eigenvalue weighted by Gasteiger charge is -2.17. The Morgan fingerprint density at radius 2 is 1.75 bits per heavy atom. The van der Waals surface area contributed by atoms with Crippen molar-refractivity contribution >= 4 is 11.6 Å². The number of carbonyl (C=O) groups excluding carboxylic acids is 1. The van der Waals surface area contributed by atoms with Crippen molar-refractivity contribution in [3.05, 3.63) is 28.8 Å². The van der Waals surface area contributed by atoms with Gasteiger partial charge in [0, 0.05) is 18.7 Å². The van der Waals surface area contributed by atoms with E-state index in [1.54, 1.807) is 0 Å². The highest BCUT2D eigenvalue weighted by Gasteiger charge is 2.09. The van der Waals surface area contributed by atoms with Crippen LogP contribution < -0.4 is 5.32 Å². The van der Waals surface area contributed by atoms with E-state index in [2.05, 4.69) is 43.2 Å². The lowest BCUT2D eigenvalue weighted by Crippen LogP contribution is -2.25. The van der Waals surface area contributed by atoms with Crippen LogP contribution in [-0.2, 0) is 4.79 Å². The molecule has 0 spiro atoms. The van der Waals surface area contributed by atoms with Gasteiger partial charge < -0.3 is 10.2 Å². The molecule has 1 aromatic rings. The molecule has 1 N–H and O–H groups in total. The molecule has 0 aliphatic rings. The van der Waals surface area contributed by atoms with Gasteiger partial charge in [-0.2, -0.15) is 0 Å². The number of amides is 1. The Labute approximate surface area is 123 Å². The van der Waals surface area contributed by atoms with Crippen molar-refractivity contribution in [1.29, 1.82) is 0 Å². The topological polar surface area (TPSA) is 32.3 Å². The summed E-state index contributed by atoms with van der Waals surface area (Å²) in [5.41, 5.74) is 4.47. The third-order valence-corrected chi connectivity index (χ3v) is 3.56. The van der Waals surface area contributed by atoms with E-state index >= 15 is 0 Å². The molecule has 0 aromatic heterocycles.